The molecule has 2 aromatic heterocycles. The molecular formula is C25H29NO3S2. The molecule has 4 saturated carbocycles. The van der Waals surface area contributed by atoms with E-state index >= 15 is 0 Å². The summed E-state index contributed by atoms with van der Waals surface area (Å²) in [4.78, 5) is 27.3. The van der Waals surface area contributed by atoms with Gasteiger partial charge in [-0.05, 0) is 97.6 Å². The van der Waals surface area contributed by atoms with Gasteiger partial charge < -0.3 is 10.1 Å². The van der Waals surface area contributed by atoms with Crippen LogP contribution in [0.2, 0.25) is 0 Å². The maximum Gasteiger partial charge on any atom is 0.340 e. The molecule has 4 bridgehead atoms. The van der Waals surface area contributed by atoms with Gasteiger partial charge in [-0.2, -0.15) is 0 Å². The summed E-state index contributed by atoms with van der Waals surface area (Å²) in [5.74, 6) is 1.89. The summed E-state index contributed by atoms with van der Waals surface area (Å²) in [6.45, 7) is 1.92. The lowest BCUT2D eigenvalue weighted by molar-refractivity contribution is -0.144. The van der Waals surface area contributed by atoms with E-state index in [9.17, 15) is 9.59 Å². The summed E-state index contributed by atoms with van der Waals surface area (Å²) < 4.78 is 5.45. The maximum absolute atomic E-state index is 12.8. The highest BCUT2D eigenvalue weighted by Crippen LogP contribution is 2.61. The van der Waals surface area contributed by atoms with Crippen LogP contribution in [0.1, 0.15) is 55.2 Å². The van der Waals surface area contributed by atoms with E-state index in [2.05, 4.69) is 12.2 Å². The molecule has 1 unspecified atom stereocenters. The SMILES string of the molecule is CC(NC(=O)COC(=O)C(=Cc1cccs1)c1cccs1)C12CC3CC(CC(C3)C1)C2. The molecule has 1 amide bonds. The second-order valence-electron chi connectivity index (χ2n) is 9.70. The van der Waals surface area contributed by atoms with Crippen LogP contribution in [-0.4, -0.2) is 24.5 Å². The van der Waals surface area contributed by atoms with E-state index in [-0.39, 0.29) is 24.0 Å². The molecule has 6 rings (SSSR count). The number of carbonyl (C=O) groups is 2. The molecule has 0 radical (unpaired) electrons. The summed E-state index contributed by atoms with van der Waals surface area (Å²) in [5, 5.41) is 7.09. The first-order valence-electron chi connectivity index (χ1n) is 11.3. The summed E-state index contributed by atoms with van der Waals surface area (Å²) in [7, 11) is 0. The fourth-order valence-electron chi connectivity index (χ4n) is 6.53. The highest BCUT2D eigenvalue weighted by Gasteiger charge is 2.53. The molecular weight excluding hydrogens is 426 g/mol. The first-order valence-corrected chi connectivity index (χ1v) is 13.0. The van der Waals surface area contributed by atoms with Crippen molar-refractivity contribution in [2.75, 3.05) is 6.61 Å². The van der Waals surface area contributed by atoms with E-state index in [0.29, 0.717) is 5.57 Å². The summed E-state index contributed by atoms with van der Waals surface area (Å²) >= 11 is 3.06. The lowest BCUT2D eigenvalue weighted by Gasteiger charge is -2.59. The Bertz CT molecular complexity index is 926. The van der Waals surface area contributed by atoms with Gasteiger partial charge in [-0.3, -0.25) is 4.79 Å². The van der Waals surface area contributed by atoms with Crippen LogP contribution in [0.15, 0.2) is 35.0 Å². The quantitative estimate of drug-likeness (QED) is 0.436. The number of carbonyl (C=O) groups excluding carboxylic acids is 2. The van der Waals surface area contributed by atoms with Crippen LogP contribution in [-0.2, 0) is 14.3 Å². The van der Waals surface area contributed by atoms with E-state index in [1.807, 2.05) is 41.1 Å². The van der Waals surface area contributed by atoms with Crippen LogP contribution in [0.5, 0.6) is 0 Å². The van der Waals surface area contributed by atoms with Crippen molar-refractivity contribution in [3.63, 3.8) is 0 Å². The third kappa shape index (κ3) is 4.37. The van der Waals surface area contributed by atoms with Gasteiger partial charge in [0.1, 0.15) is 0 Å². The third-order valence-electron chi connectivity index (χ3n) is 7.55. The minimum Gasteiger partial charge on any atom is -0.452 e. The smallest absolute Gasteiger partial charge is 0.340 e. The molecule has 4 aliphatic rings. The molecule has 164 valence electrons. The Morgan fingerprint density at radius 1 is 1.10 bits per heavy atom. The van der Waals surface area contributed by atoms with Crippen LogP contribution >= 0.6 is 22.7 Å². The first kappa shape index (κ1) is 21.0. The zero-order valence-corrected chi connectivity index (χ0v) is 19.5. The van der Waals surface area contributed by atoms with Crippen LogP contribution in [0.3, 0.4) is 0 Å². The van der Waals surface area contributed by atoms with E-state index in [1.54, 1.807) is 11.3 Å². The van der Waals surface area contributed by atoms with Crippen LogP contribution < -0.4 is 5.32 Å². The van der Waals surface area contributed by atoms with Crippen molar-refractivity contribution in [1.82, 2.24) is 5.32 Å². The molecule has 0 saturated heterocycles. The van der Waals surface area contributed by atoms with Crippen molar-refractivity contribution in [3.8, 4) is 0 Å². The van der Waals surface area contributed by atoms with Gasteiger partial charge in [0.05, 0.1) is 5.57 Å². The number of amides is 1. The molecule has 4 fully saturated rings. The maximum atomic E-state index is 12.8. The van der Waals surface area contributed by atoms with Gasteiger partial charge in [0.15, 0.2) is 6.61 Å². The number of ether oxygens (including phenoxy) is 1. The fraction of sp³-hybridized carbons (Fsp3) is 0.520. The molecule has 4 nitrogen and oxygen atoms in total. The molecule has 0 aliphatic heterocycles. The van der Waals surface area contributed by atoms with E-state index in [4.69, 9.17) is 4.74 Å². The molecule has 2 aromatic rings. The van der Waals surface area contributed by atoms with Crippen LogP contribution in [0, 0.1) is 23.2 Å². The van der Waals surface area contributed by atoms with Crippen LogP contribution in [0.25, 0.3) is 11.6 Å². The molecule has 1 N–H and O–H groups in total. The van der Waals surface area contributed by atoms with E-state index < -0.39 is 5.97 Å². The second-order valence-corrected chi connectivity index (χ2v) is 11.6. The van der Waals surface area contributed by atoms with Crippen molar-refractivity contribution in [2.45, 2.75) is 51.5 Å². The number of hydrogen-bond donors (Lipinski definition) is 1. The molecule has 0 spiro atoms. The van der Waals surface area contributed by atoms with Crippen LogP contribution in [0.4, 0.5) is 0 Å². The minimum atomic E-state index is -0.451. The lowest BCUT2D eigenvalue weighted by atomic mass is 9.48. The Labute approximate surface area is 191 Å². The standard InChI is InChI=1S/C25H29NO3S2/c1-16(25-12-17-8-18(13-25)10-19(9-17)14-25)26-23(27)15-29-24(28)21(22-5-3-7-31-22)11-20-4-2-6-30-20/h2-7,11,16-19H,8-10,12-15H2,1H3,(H,26,27). The van der Waals surface area contributed by atoms with Gasteiger partial charge in [0, 0.05) is 15.8 Å². The number of thiophene rings is 2. The van der Waals surface area contributed by atoms with Gasteiger partial charge in [-0.1, -0.05) is 12.1 Å². The molecule has 1 atom stereocenters. The highest BCUT2D eigenvalue weighted by atomic mass is 32.1. The Morgan fingerprint density at radius 2 is 1.74 bits per heavy atom. The molecule has 6 heteroatoms. The van der Waals surface area contributed by atoms with E-state index in [1.165, 1.54) is 49.9 Å². The Morgan fingerprint density at radius 3 is 2.32 bits per heavy atom. The Kier molecular flexibility index (Phi) is 5.78. The first-order chi connectivity index (χ1) is 15.0. The number of nitrogens with one attached hydrogen (secondary N) is 1. The Hall–Kier alpha value is -1.92. The van der Waals surface area contributed by atoms with Gasteiger partial charge >= 0.3 is 5.97 Å². The zero-order chi connectivity index (χ0) is 21.4. The van der Waals surface area contributed by atoms with Gasteiger partial charge in [0.25, 0.3) is 5.91 Å². The molecule has 0 aromatic carbocycles. The van der Waals surface area contributed by atoms with Gasteiger partial charge in [-0.25, -0.2) is 4.79 Å². The second kappa shape index (κ2) is 8.55. The predicted octanol–water partition coefficient (Wildman–Crippen LogP) is 5.61. The topological polar surface area (TPSA) is 55.4 Å². The molecule has 4 aliphatic carbocycles. The minimum absolute atomic E-state index is 0.130. The summed E-state index contributed by atoms with van der Waals surface area (Å²) in [5.41, 5.74) is 0.745. The van der Waals surface area contributed by atoms with Crippen molar-refractivity contribution in [2.24, 2.45) is 23.2 Å². The zero-order valence-electron chi connectivity index (χ0n) is 17.8. The van der Waals surface area contributed by atoms with Gasteiger partial charge in [0.2, 0.25) is 0 Å². The fourth-order valence-corrected chi connectivity index (χ4v) is 7.92. The predicted molar refractivity (Wildman–Crippen MR) is 126 cm³/mol. The van der Waals surface area contributed by atoms with Crippen molar-refractivity contribution in [3.05, 3.63) is 44.8 Å². The van der Waals surface area contributed by atoms with Crippen molar-refractivity contribution in [1.29, 1.82) is 0 Å². The lowest BCUT2D eigenvalue weighted by Crippen LogP contribution is -2.56. The summed E-state index contributed by atoms with van der Waals surface area (Å²) in [6.07, 6.45) is 9.73. The molecule has 31 heavy (non-hydrogen) atoms. The number of esters is 1. The normalized spacial score (nSPS) is 30.2. The number of hydrogen-bond acceptors (Lipinski definition) is 5. The van der Waals surface area contributed by atoms with Gasteiger partial charge in [-0.15, -0.1) is 22.7 Å². The molecule has 2 heterocycles. The average molecular weight is 456 g/mol. The number of rotatable bonds is 7. The van der Waals surface area contributed by atoms with Crippen molar-refractivity contribution >= 4 is 46.2 Å². The largest absolute Gasteiger partial charge is 0.452 e. The van der Waals surface area contributed by atoms with E-state index in [0.717, 1.165) is 27.5 Å². The van der Waals surface area contributed by atoms with Crippen molar-refractivity contribution < 1.29 is 14.3 Å². The monoisotopic (exact) mass is 455 g/mol. The Balaban J connectivity index is 1.20. The highest BCUT2D eigenvalue weighted by molar-refractivity contribution is 7.12. The summed E-state index contributed by atoms with van der Waals surface area (Å²) in [6, 6.07) is 7.86. The third-order valence-corrected chi connectivity index (χ3v) is 9.27. The average Bonchev–Trinajstić information content (AvgIpc) is 3.43.